The molecule has 0 unspecified atom stereocenters. The van der Waals surface area contributed by atoms with Crippen molar-refractivity contribution >= 4 is 15.7 Å². The third-order valence-corrected chi connectivity index (χ3v) is 5.78. The minimum atomic E-state index is -3.78. The van der Waals surface area contributed by atoms with E-state index in [1.54, 1.807) is 16.9 Å². The van der Waals surface area contributed by atoms with E-state index in [4.69, 9.17) is 0 Å². The van der Waals surface area contributed by atoms with Gasteiger partial charge >= 0.3 is 0 Å². The standard InChI is InChI=1S/C20H23N3O2S/c1-14(2)23-13-19(20(21-23)17-10-6-5-7-11-17)26(24,25)22-18-12-8-9-15(3)16(18)4/h5-14,22H,1-4H3. The molecule has 1 N–H and O–H groups in total. The number of rotatable bonds is 5. The van der Waals surface area contributed by atoms with Gasteiger partial charge in [0, 0.05) is 17.8 Å². The van der Waals surface area contributed by atoms with Crippen LogP contribution in [0.3, 0.4) is 0 Å². The molecule has 0 saturated carbocycles. The van der Waals surface area contributed by atoms with E-state index in [0.29, 0.717) is 11.4 Å². The van der Waals surface area contributed by atoms with Crippen LogP contribution in [0.2, 0.25) is 0 Å². The minimum absolute atomic E-state index is 0.0575. The lowest BCUT2D eigenvalue weighted by Gasteiger charge is -2.12. The number of sulfonamides is 1. The molecule has 0 amide bonds. The smallest absolute Gasteiger partial charge is 0.265 e. The Balaban J connectivity index is 2.11. The largest absolute Gasteiger partial charge is 0.279 e. The number of benzene rings is 2. The minimum Gasteiger partial charge on any atom is -0.279 e. The summed E-state index contributed by atoms with van der Waals surface area (Å²) in [7, 11) is -3.78. The summed E-state index contributed by atoms with van der Waals surface area (Å²) >= 11 is 0. The highest BCUT2D eigenvalue weighted by atomic mass is 32.2. The van der Waals surface area contributed by atoms with E-state index in [1.807, 2.05) is 70.2 Å². The first-order valence-electron chi connectivity index (χ1n) is 8.53. The lowest BCUT2D eigenvalue weighted by molar-refractivity contribution is 0.532. The third kappa shape index (κ3) is 3.51. The Labute approximate surface area is 154 Å². The predicted octanol–water partition coefficient (Wildman–Crippen LogP) is 4.55. The molecule has 3 aromatic rings. The van der Waals surface area contributed by atoms with Crippen LogP contribution in [0.5, 0.6) is 0 Å². The maximum Gasteiger partial charge on any atom is 0.265 e. The monoisotopic (exact) mass is 369 g/mol. The fourth-order valence-electron chi connectivity index (χ4n) is 2.69. The van der Waals surface area contributed by atoms with Gasteiger partial charge in [-0.1, -0.05) is 42.5 Å². The Bertz CT molecular complexity index is 1020. The summed E-state index contributed by atoms with van der Waals surface area (Å²) in [4.78, 5) is 0.179. The van der Waals surface area contributed by atoms with Crippen LogP contribution in [0.15, 0.2) is 59.6 Å². The van der Waals surface area contributed by atoms with Gasteiger partial charge in [-0.25, -0.2) is 8.42 Å². The van der Waals surface area contributed by atoms with E-state index in [-0.39, 0.29) is 10.9 Å². The third-order valence-electron chi connectivity index (χ3n) is 4.41. The molecular weight excluding hydrogens is 346 g/mol. The van der Waals surface area contributed by atoms with Gasteiger partial charge in [-0.2, -0.15) is 5.10 Å². The fraction of sp³-hybridized carbons (Fsp3) is 0.250. The van der Waals surface area contributed by atoms with Gasteiger partial charge in [0.15, 0.2) is 0 Å². The van der Waals surface area contributed by atoms with Crippen LogP contribution >= 0.6 is 0 Å². The number of hydrogen-bond acceptors (Lipinski definition) is 3. The van der Waals surface area contributed by atoms with Gasteiger partial charge in [-0.05, 0) is 44.9 Å². The van der Waals surface area contributed by atoms with Crippen LogP contribution in [-0.2, 0) is 10.0 Å². The maximum absolute atomic E-state index is 13.1. The topological polar surface area (TPSA) is 64.0 Å². The lowest BCUT2D eigenvalue weighted by atomic mass is 10.1. The molecule has 3 rings (SSSR count). The van der Waals surface area contributed by atoms with Crippen molar-refractivity contribution in [1.29, 1.82) is 0 Å². The molecule has 0 aliphatic heterocycles. The van der Waals surface area contributed by atoms with E-state index in [9.17, 15) is 8.42 Å². The van der Waals surface area contributed by atoms with Crippen molar-refractivity contribution in [3.63, 3.8) is 0 Å². The van der Waals surface area contributed by atoms with Crippen LogP contribution in [0.1, 0.15) is 31.0 Å². The molecule has 0 aliphatic carbocycles. The molecule has 0 spiro atoms. The van der Waals surface area contributed by atoms with Crippen LogP contribution < -0.4 is 4.72 Å². The summed E-state index contributed by atoms with van der Waals surface area (Å²) in [5.41, 5.74) is 3.76. The van der Waals surface area contributed by atoms with Gasteiger partial charge in [-0.3, -0.25) is 9.40 Å². The number of nitrogens with one attached hydrogen (secondary N) is 1. The maximum atomic E-state index is 13.1. The van der Waals surface area contributed by atoms with E-state index in [0.717, 1.165) is 16.7 Å². The number of anilines is 1. The van der Waals surface area contributed by atoms with Crippen molar-refractivity contribution in [3.05, 3.63) is 65.9 Å². The van der Waals surface area contributed by atoms with Gasteiger partial charge in [0.05, 0.1) is 5.69 Å². The Morgan fingerprint density at radius 3 is 2.35 bits per heavy atom. The van der Waals surface area contributed by atoms with Crippen LogP contribution in [-0.4, -0.2) is 18.2 Å². The van der Waals surface area contributed by atoms with Gasteiger partial charge in [0.1, 0.15) is 10.6 Å². The second kappa shape index (κ2) is 6.96. The van der Waals surface area contributed by atoms with E-state index < -0.39 is 10.0 Å². The zero-order chi connectivity index (χ0) is 18.9. The molecule has 0 bridgehead atoms. The fourth-order valence-corrected chi connectivity index (χ4v) is 3.97. The highest BCUT2D eigenvalue weighted by molar-refractivity contribution is 7.92. The second-order valence-corrected chi connectivity index (χ2v) is 8.29. The molecule has 0 radical (unpaired) electrons. The van der Waals surface area contributed by atoms with Crippen LogP contribution in [0.4, 0.5) is 5.69 Å². The molecule has 0 fully saturated rings. The summed E-state index contributed by atoms with van der Waals surface area (Å²) in [6.07, 6.45) is 1.60. The Morgan fingerprint density at radius 1 is 1.00 bits per heavy atom. The Morgan fingerprint density at radius 2 is 1.69 bits per heavy atom. The van der Waals surface area contributed by atoms with E-state index in [2.05, 4.69) is 9.82 Å². The number of hydrogen-bond donors (Lipinski definition) is 1. The van der Waals surface area contributed by atoms with E-state index in [1.165, 1.54) is 0 Å². The quantitative estimate of drug-likeness (QED) is 0.718. The van der Waals surface area contributed by atoms with Crippen molar-refractivity contribution in [2.75, 3.05) is 4.72 Å². The Kier molecular flexibility index (Phi) is 4.87. The first-order valence-corrected chi connectivity index (χ1v) is 10.0. The second-order valence-electron chi connectivity index (χ2n) is 6.63. The first kappa shape index (κ1) is 18.2. The molecule has 0 aliphatic rings. The molecule has 0 saturated heterocycles. The average molecular weight is 369 g/mol. The lowest BCUT2D eigenvalue weighted by Crippen LogP contribution is -2.14. The molecule has 1 heterocycles. The van der Waals surface area contributed by atoms with Crippen molar-refractivity contribution in [1.82, 2.24) is 9.78 Å². The zero-order valence-electron chi connectivity index (χ0n) is 15.4. The zero-order valence-corrected chi connectivity index (χ0v) is 16.2. The number of aryl methyl sites for hydroxylation is 1. The van der Waals surface area contributed by atoms with Crippen molar-refractivity contribution in [2.45, 2.75) is 38.6 Å². The number of aromatic nitrogens is 2. The number of nitrogens with zero attached hydrogens (tertiary/aromatic N) is 2. The SMILES string of the molecule is Cc1cccc(NS(=O)(=O)c2cn(C(C)C)nc2-c2ccccc2)c1C. The van der Waals surface area contributed by atoms with Crippen molar-refractivity contribution in [3.8, 4) is 11.3 Å². The Hall–Kier alpha value is -2.60. The van der Waals surface area contributed by atoms with Crippen LogP contribution in [0, 0.1) is 13.8 Å². The molecule has 2 aromatic carbocycles. The normalized spacial score (nSPS) is 11.7. The summed E-state index contributed by atoms with van der Waals surface area (Å²) in [6, 6.07) is 15.0. The highest BCUT2D eigenvalue weighted by Crippen LogP contribution is 2.29. The molecule has 26 heavy (non-hydrogen) atoms. The summed E-state index contributed by atoms with van der Waals surface area (Å²) in [5, 5.41) is 4.53. The van der Waals surface area contributed by atoms with Gasteiger partial charge < -0.3 is 0 Å². The average Bonchev–Trinajstić information content (AvgIpc) is 3.06. The predicted molar refractivity (Wildman–Crippen MR) is 105 cm³/mol. The van der Waals surface area contributed by atoms with Gasteiger partial charge in [0.2, 0.25) is 0 Å². The summed E-state index contributed by atoms with van der Waals surface area (Å²) in [5.74, 6) is 0. The molecule has 5 nitrogen and oxygen atoms in total. The summed E-state index contributed by atoms with van der Waals surface area (Å²) < 4.78 is 30.7. The van der Waals surface area contributed by atoms with Gasteiger partial charge in [0.25, 0.3) is 10.0 Å². The van der Waals surface area contributed by atoms with Crippen LogP contribution in [0.25, 0.3) is 11.3 Å². The van der Waals surface area contributed by atoms with Crippen molar-refractivity contribution < 1.29 is 8.42 Å². The molecule has 0 atom stereocenters. The van der Waals surface area contributed by atoms with E-state index >= 15 is 0 Å². The summed E-state index contributed by atoms with van der Waals surface area (Å²) in [6.45, 7) is 7.80. The molecule has 6 heteroatoms. The highest BCUT2D eigenvalue weighted by Gasteiger charge is 2.25. The first-order chi connectivity index (χ1) is 12.3. The molecule has 1 aromatic heterocycles. The van der Waals surface area contributed by atoms with Crippen molar-refractivity contribution in [2.24, 2.45) is 0 Å². The van der Waals surface area contributed by atoms with Gasteiger partial charge in [-0.15, -0.1) is 0 Å². The molecular formula is C20H23N3O2S. The molecule has 136 valence electrons.